The van der Waals surface area contributed by atoms with Crippen molar-refractivity contribution in [2.45, 2.75) is 19.0 Å². The molecule has 0 aromatic rings. The van der Waals surface area contributed by atoms with Crippen molar-refractivity contribution in [3.63, 3.8) is 0 Å². The summed E-state index contributed by atoms with van der Waals surface area (Å²) in [5.41, 5.74) is 0. The number of ether oxygens (including phenoxy) is 1. The van der Waals surface area contributed by atoms with Crippen LogP contribution in [0.25, 0.3) is 0 Å². The van der Waals surface area contributed by atoms with Crippen molar-refractivity contribution in [1.82, 2.24) is 0 Å². The van der Waals surface area contributed by atoms with Crippen LogP contribution in [0.15, 0.2) is 11.9 Å². The van der Waals surface area contributed by atoms with Crippen molar-refractivity contribution in [3.8, 4) is 0 Å². The third kappa shape index (κ3) is 5.85. The highest BCUT2D eigenvalue weighted by atomic mass is 19.4. The first-order valence-corrected chi connectivity index (χ1v) is 3.71. The predicted octanol–water partition coefficient (Wildman–Crippen LogP) is 3.42. The molecule has 0 spiro atoms. The Labute approximate surface area is 76.3 Å². The van der Waals surface area contributed by atoms with Gasteiger partial charge in [0.05, 0.1) is 0 Å². The number of rotatable bonds is 0. The van der Waals surface area contributed by atoms with Crippen molar-refractivity contribution < 1.29 is 31.1 Å². The first kappa shape index (κ1) is 13.3. The largest absolute Gasteiger partial charge is 0.448 e. The van der Waals surface area contributed by atoms with E-state index < -0.39 is 18.1 Å². The SMILES string of the molecule is C1CCOC1.FC(F)=C(F)C(F)(F)F. The minimum absolute atomic E-state index is 1.00. The standard InChI is InChI=1S/C4H8O.C3F6/c1-2-4-5-3-1;4-1(2(5)6)3(7,8)9/h1-4H2;. The number of alkyl halides is 3. The Morgan fingerprint density at radius 2 is 1.36 bits per heavy atom. The van der Waals surface area contributed by atoms with Crippen LogP contribution in [0.3, 0.4) is 0 Å². The Bertz CT molecular complexity index is 181. The van der Waals surface area contributed by atoms with Crippen molar-refractivity contribution in [1.29, 1.82) is 0 Å². The molecular weight excluding hydrogens is 214 g/mol. The Balaban J connectivity index is 0.000000280. The van der Waals surface area contributed by atoms with Crippen LogP contribution >= 0.6 is 0 Å². The number of hydrogen-bond donors (Lipinski definition) is 0. The summed E-state index contributed by atoms with van der Waals surface area (Å²) < 4.78 is 69.8. The molecule has 0 aromatic carbocycles. The molecule has 0 bridgehead atoms. The van der Waals surface area contributed by atoms with E-state index in [2.05, 4.69) is 0 Å². The van der Waals surface area contributed by atoms with Crippen molar-refractivity contribution in [3.05, 3.63) is 11.9 Å². The van der Waals surface area contributed by atoms with E-state index in [9.17, 15) is 26.3 Å². The minimum Gasteiger partial charge on any atom is -0.381 e. The van der Waals surface area contributed by atoms with Gasteiger partial charge in [0, 0.05) is 13.2 Å². The summed E-state index contributed by atoms with van der Waals surface area (Å²) in [7, 11) is 0. The van der Waals surface area contributed by atoms with Gasteiger partial charge >= 0.3 is 12.3 Å². The molecule has 0 saturated carbocycles. The molecule has 0 atom stereocenters. The van der Waals surface area contributed by atoms with Crippen LogP contribution < -0.4 is 0 Å². The Morgan fingerprint density at radius 1 is 0.929 bits per heavy atom. The summed E-state index contributed by atoms with van der Waals surface area (Å²) in [6.45, 7) is 2.00. The van der Waals surface area contributed by atoms with E-state index in [1.807, 2.05) is 0 Å². The lowest BCUT2D eigenvalue weighted by Crippen LogP contribution is -2.08. The summed E-state index contributed by atoms with van der Waals surface area (Å²) in [6.07, 6.45) is -6.35. The molecule has 84 valence electrons. The second-order valence-electron chi connectivity index (χ2n) is 2.39. The molecule has 1 heterocycles. The molecule has 7 heteroatoms. The lowest BCUT2D eigenvalue weighted by atomic mass is 10.4. The van der Waals surface area contributed by atoms with Gasteiger partial charge in [-0.2, -0.15) is 26.3 Å². The van der Waals surface area contributed by atoms with Crippen LogP contribution in [0.2, 0.25) is 0 Å². The Kier molecular flexibility index (Phi) is 5.59. The fourth-order valence-electron chi connectivity index (χ4n) is 0.617. The average molecular weight is 222 g/mol. The van der Waals surface area contributed by atoms with Crippen LogP contribution in [0, 0.1) is 0 Å². The molecule has 0 amide bonds. The van der Waals surface area contributed by atoms with Crippen molar-refractivity contribution in [2.75, 3.05) is 13.2 Å². The molecule has 1 aliphatic heterocycles. The zero-order valence-corrected chi connectivity index (χ0v) is 7.00. The van der Waals surface area contributed by atoms with E-state index in [1.54, 1.807) is 0 Å². The van der Waals surface area contributed by atoms with Gasteiger partial charge in [0.1, 0.15) is 0 Å². The molecule has 1 saturated heterocycles. The summed E-state index contributed by atoms with van der Waals surface area (Å²) in [5, 5.41) is 0. The normalized spacial score (nSPS) is 15.9. The van der Waals surface area contributed by atoms with Gasteiger partial charge in [0.2, 0.25) is 0 Å². The number of allylic oxidation sites excluding steroid dienone is 1. The predicted molar refractivity (Wildman–Crippen MR) is 36.5 cm³/mol. The molecule has 0 aromatic heterocycles. The number of halogens is 6. The smallest absolute Gasteiger partial charge is 0.381 e. The molecule has 0 radical (unpaired) electrons. The zero-order valence-electron chi connectivity index (χ0n) is 7.00. The maximum atomic E-state index is 11.0. The van der Waals surface area contributed by atoms with Gasteiger partial charge in [-0.1, -0.05) is 0 Å². The van der Waals surface area contributed by atoms with Gasteiger partial charge < -0.3 is 4.74 Å². The molecule has 0 unspecified atom stereocenters. The van der Waals surface area contributed by atoms with Crippen LogP contribution in [-0.2, 0) is 4.74 Å². The Morgan fingerprint density at radius 3 is 1.43 bits per heavy atom. The second-order valence-corrected chi connectivity index (χ2v) is 2.39. The molecule has 0 aliphatic carbocycles. The monoisotopic (exact) mass is 222 g/mol. The van der Waals surface area contributed by atoms with Crippen LogP contribution in [0.5, 0.6) is 0 Å². The molecule has 0 N–H and O–H groups in total. The van der Waals surface area contributed by atoms with E-state index >= 15 is 0 Å². The highest BCUT2D eigenvalue weighted by Crippen LogP contribution is 2.29. The van der Waals surface area contributed by atoms with E-state index in [-0.39, 0.29) is 0 Å². The van der Waals surface area contributed by atoms with Gasteiger partial charge in [0.25, 0.3) is 5.83 Å². The van der Waals surface area contributed by atoms with E-state index in [0.717, 1.165) is 13.2 Å². The van der Waals surface area contributed by atoms with Crippen LogP contribution in [0.1, 0.15) is 12.8 Å². The fourth-order valence-corrected chi connectivity index (χ4v) is 0.617. The van der Waals surface area contributed by atoms with E-state index in [4.69, 9.17) is 4.74 Å². The van der Waals surface area contributed by atoms with E-state index in [1.165, 1.54) is 12.8 Å². The average Bonchev–Trinajstić information content (AvgIpc) is 2.57. The second kappa shape index (κ2) is 5.90. The highest BCUT2D eigenvalue weighted by molar-refractivity contribution is 4.98. The first-order chi connectivity index (χ1) is 6.35. The van der Waals surface area contributed by atoms with Gasteiger partial charge in [-0.05, 0) is 12.8 Å². The molecule has 14 heavy (non-hydrogen) atoms. The molecule has 1 nitrogen and oxygen atoms in total. The summed E-state index contributed by atoms with van der Waals surface area (Å²) in [4.78, 5) is 0. The topological polar surface area (TPSA) is 9.23 Å². The molecule has 1 aliphatic rings. The van der Waals surface area contributed by atoms with Gasteiger partial charge in [0.15, 0.2) is 0 Å². The lowest BCUT2D eigenvalue weighted by Gasteiger charge is -1.98. The molecular formula is C7H8F6O. The maximum absolute atomic E-state index is 11.0. The molecule has 1 fully saturated rings. The fraction of sp³-hybridized carbons (Fsp3) is 0.714. The molecule has 1 rings (SSSR count). The zero-order chi connectivity index (χ0) is 11.2. The van der Waals surface area contributed by atoms with Gasteiger partial charge in [-0.15, -0.1) is 0 Å². The number of hydrogen-bond acceptors (Lipinski definition) is 1. The van der Waals surface area contributed by atoms with Crippen LogP contribution in [0.4, 0.5) is 26.3 Å². The summed E-state index contributed by atoms with van der Waals surface area (Å²) in [6, 6.07) is 0. The third-order valence-corrected chi connectivity index (χ3v) is 1.24. The van der Waals surface area contributed by atoms with Gasteiger partial charge in [-0.3, -0.25) is 0 Å². The quantitative estimate of drug-likeness (QED) is 0.570. The van der Waals surface area contributed by atoms with Crippen LogP contribution in [-0.4, -0.2) is 19.4 Å². The maximum Gasteiger partial charge on any atom is 0.448 e. The third-order valence-electron chi connectivity index (χ3n) is 1.24. The van der Waals surface area contributed by atoms with E-state index in [0.29, 0.717) is 0 Å². The lowest BCUT2D eigenvalue weighted by molar-refractivity contribution is -0.113. The van der Waals surface area contributed by atoms with Crippen molar-refractivity contribution in [2.24, 2.45) is 0 Å². The summed E-state index contributed by atoms with van der Waals surface area (Å²) in [5.74, 6) is -3.33. The first-order valence-electron chi connectivity index (χ1n) is 3.71. The van der Waals surface area contributed by atoms with Gasteiger partial charge in [-0.25, -0.2) is 0 Å². The van der Waals surface area contributed by atoms with Crippen molar-refractivity contribution >= 4 is 0 Å². The highest BCUT2D eigenvalue weighted by Gasteiger charge is 2.38. The summed E-state index contributed by atoms with van der Waals surface area (Å²) >= 11 is 0. The Hall–Kier alpha value is -0.720. The minimum atomic E-state index is -5.56.